The summed E-state index contributed by atoms with van der Waals surface area (Å²) in [4.78, 5) is 25.2. The number of nitrogens with one attached hydrogen (secondary N) is 2. The van der Waals surface area contributed by atoms with Crippen molar-refractivity contribution in [2.75, 3.05) is 6.54 Å². The molecule has 4 nitrogen and oxygen atoms in total. The van der Waals surface area contributed by atoms with Crippen molar-refractivity contribution in [1.29, 1.82) is 0 Å². The maximum Gasteiger partial charge on any atom is 0.251 e. The van der Waals surface area contributed by atoms with Crippen LogP contribution in [0.4, 0.5) is 0 Å². The van der Waals surface area contributed by atoms with Crippen LogP contribution in [0.1, 0.15) is 46.8 Å². The first-order valence-electron chi connectivity index (χ1n) is 9.86. The molecule has 0 aliphatic heterocycles. The summed E-state index contributed by atoms with van der Waals surface area (Å²) in [5.74, 6) is -0.0610. The Bertz CT molecular complexity index is 911. The second-order valence-electron chi connectivity index (χ2n) is 7.12. The predicted molar refractivity (Wildman–Crippen MR) is 116 cm³/mol. The summed E-state index contributed by atoms with van der Waals surface area (Å²) in [6.45, 7) is 2.64. The third-order valence-electron chi connectivity index (χ3n) is 4.91. The molecule has 148 valence electrons. The lowest BCUT2D eigenvalue weighted by Gasteiger charge is -2.20. The molecular formula is C25H26N2O2. The van der Waals surface area contributed by atoms with E-state index in [0.29, 0.717) is 12.1 Å². The summed E-state index contributed by atoms with van der Waals surface area (Å²) >= 11 is 0. The largest absolute Gasteiger partial charge is 0.355 e. The summed E-state index contributed by atoms with van der Waals surface area (Å²) in [6.07, 6.45) is 0.185. The Labute approximate surface area is 172 Å². The molecule has 3 aromatic carbocycles. The van der Waals surface area contributed by atoms with Gasteiger partial charge in [-0.15, -0.1) is 0 Å². The molecule has 3 rings (SSSR count). The summed E-state index contributed by atoms with van der Waals surface area (Å²) < 4.78 is 0. The van der Waals surface area contributed by atoms with E-state index in [2.05, 4.69) is 29.7 Å². The monoisotopic (exact) mass is 386 g/mol. The first-order valence-corrected chi connectivity index (χ1v) is 9.86. The molecule has 0 aliphatic rings. The molecule has 29 heavy (non-hydrogen) atoms. The number of hydrogen-bond acceptors (Lipinski definition) is 2. The fraction of sp³-hybridized carbons (Fsp3) is 0.200. The average Bonchev–Trinajstić information content (AvgIpc) is 2.78. The molecule has 0 heterocycles. The van der Waals surface area contributed by atoms with Crippen molar-refractivity contribution in [1.82, 2.24) is 10.6 Å². The fourth-order valence-electron chi connectivity index (χ4n) is 3.19. The van der Waals surface area contributed by atoms with Gasteiger partial charge in [-0.05, 0) is 29.2 Å². The molecule has 0 fully saturated rings. The van der Waals surface area contributed by atoms with Gasteiger partial charge in [-0.1, -0.05) is 85.8 Å². The second-order valence-corrected chi connectivity index (χ2v) is 7.12. The lowest BCUT2D eigenvalue weighted by molar-refractivity contribution is -0.121. The minimum Gasteiger partial charge on any atom is -0.355 e. The van der Waals surface area contributed by atoms with Crippen LogP contribution >= 0.6 is 0 Å². The Morgan fingerprint density at radius 3 is 1.86 bits per heavy atom. The number of amides is 2. The molecule has 2 amide bonds. The fourth-order valence-corrected chi connectivity index (χ4v) is 3.19. The molecule has 0 aliphatic carbocycles. The van der Waals surface area contributed by atoms with E-state index in [1.165, 1.54) is 5.56 Å². The van der Waals surface area contributed by atoms with E-state index in [1.54, 1.807) is 12.1 Å². The molecule has 0 radical (unpaired) electrons. The van der Waals surface area contributed by atoms with Gasteiger partial charge in [0.15, 0.2) is 0 Å². The van der Waals surface area contributed by atoms with Crippen LogP contribution in [0, 0.1) is 0 Å². The van der Waals surface area contributed by atoms with Crippen LogP contribution in [0.5, 0.6) is 0 Å². The topological polar surface area (TPSA) is 58.2 Å². The van der Waals surface area contributed by atoms with Crippen molar-refractivity contribution in [2.45, 2.75) is 25.3 Å². The Morgan fingerprint density at radius 2 is 1.28 bits per heavy atom. The van der Waals surface area contributed by atoms with Gasteiger partial charge in [0.25, 0.3) is 5.91 Å². The highest BCUT2D eigenvalue weighted by atomic mass is 16.2. The maximum absolute atomic E-state index is 12.6. The number of benzene rings is 3. The van der Waals surface area contributed by atoms with Crippen molar-refractivity contribution in [2.24, 2.45) is 0 Å². The van der Waals surface area contributed by atoms with Crippen LogP contribution in [0.2, 0.25) is 0 Å². The van der Waals surface area contributed by atoms with Crippen molar-refractivity contribution in [3.8, 4) is 0 Å². The molecule has 0 saturated heterocycles. The van der Waals surface area contributed by atoms with E-state index in [4.69, 9.17) is 0 Å². The van der Waals surface area contributed by atoms with Crippen molar-refractivity contribution in [3.63, 3.8) is 0 Å². The van der Waals surface area contributed by atoms with Gasteiger partial charge in [-0.2, -0.15) is 0 Å². The standard InChI is InChI=1S/C25H26N2O2/c1-19(20-11-5-2-6-12-20)18-26-24(28)17-23(21-13-7-3-8-14-21)27-25(29)22-15-9-4-10-16-22/h2-16,19,23H,17-18H2,1H3,(H,26,28)(H,27,29)/t19-,23+/m1/s1. The van der Waals surface area contributed by atoms with Gasteiger partial charge in [0.1, 0.15) is 0 Å². The van der Waals surface area contributed by atoms with Crippen LogP contribution in [-0.4, -0.2) is 18.4 Å². The molecule has 3 aromatic rings. The summed E-state index contributed by atoms with van der Waals surface area (Å²) in [7, 11) is 0. The Balaban J connectivity index is 1.63. The smallest absolute Gasteiger partial charge is 0.251 e. The molecule has 0 aromatic heterocycles. The number of rotatable bonds is 8. The van der Waals surface area contributed by atoms with Gasteiger partial charge in [0, 0.05) is 12.1 Å². The van der Waals surface area contributed by atoms with Gasteiger partial charge in [-0.25, -0.2) is 0 Å². The lowest BCUT2D eigenvalue weighted by Crippen LogP contribution is -2.35. The van der Waals surface area contributed by atoms with Crippen LogP contribution in [0.15, 0.2) is 91.0 Å². The number of hydrogen-bond donors (Lipinski definition) is 2. The quantitative estimate of drug-likeness (QED) is 0.600. The van der Waals surface area contributed by atoms with E-state index >= 15 is 0 Å². The predicted octanol–water partition coefficient (Wildman–Crippen LogP) is 4.47. The Morgan fingerprint density at radius 1 is 0.759 bits per heavy atom. The summed E-state index contributed by atoms with van der Waals surface area (Å²) in [5, 5.41) is 6.00. The molecule has 2 N–H and O–H groups in total. The molecule has 0 unspecified atom stereocenters. The highest BCUT2D eigenvalue weighted by Gasteiger charge is 2.19. The van der Waals surface area contributed by atoms with Crippen molar-refractivity contribution >= 4 is 11.8 Å². The van der Waals surface area contributed by atoms with Crippen LogP contribution < -0.4 is 10.6 Å². The Hall–Kier alpha value is -3.40. The molecule has 0 bridgehead atoms. The summed E-state index contributed by atoms with van der Waals surface area (Å²) in [5.41, 5.74) is 2.67. The minimum absolute atomic E-state index is 0.0880. The highest BCUT2D eigenvalue weighted by molar-refractivity contribution is 5.94. The van der Waals surface area contributed by atoms with Crippen molar-refractivity contribution in [3.05, 3.63) is 108 Å². The van der Waals surface area contributed by atoms with Crippen LogP contribution in [0.3, 0.4) is 0 Å². The zero-order valence-corrected chi connectivity index (χ0v) is 16.5. The third kappa shape index (κ3) is 6.04. The van der Waals surface area contributed by atoms with Gasteiger partial charge in [-0.3, -0.25) is 9.59 Å². The average molecular weight is 386 g/mol. The van der Waals surface area contributed by atoms with E-state index in [1.807, 2.05) is 66.7 Å². The van der Waals surface area contributed by atoms with Gasteiger partial charge in [0.05, 0.1) is 12.5 Å². The first kappa shape index (κ1) is 20.3. The van der Waals surface area contributed by atoms with E-state index in [9.17, 15) is 9.59 Å². The molecular weight excluding hydrogens is 360 g/mol. The molecule has 4 heteroatoms. The lowest BCUT2D eigenvalue weighted by atomic mass is 10.0. The van der Waals surface area contributed by atoms with Gasteiger partial charge < -0.3 is 10.6 Å². The molecule has 0 saturated carbocycles. The SMILES string of the molecule is C[C@H](CNC(=O)C[C@H](NC(=O)c1ccccc1)c1ccccc1)c1ccccc1. The second kappa shape index (κ2) is 10.2. The molecule has 2 atom stereocenters. The summed E-state index contributed by atoms with van der Waals surface area (Å²) in [6, 6.07) is 28.3. The van der Waals surface area contributed by atoms with Crippen LogP contribution in [0.25, 0.3) is 0 Å². The van der Waals surface area contributed by atoms with E-state index < -0.39 is 6.04 Å². The molecule has 0 spiro atoms. The van der Waals surface area contributed by atoms with E-state index in [-0.39, 0.29) is 24.2 Å². The third-order valence-corrected chi connectivity index (χ3v) is 4.91. The zero-order chi connectivity index (χ0) is 20.5. The number of carbonyl (C=O) groups excluding carboxylic acids is 2. The van der Waals surface area contributed by atoms with Crippen LogP contribution in [-0.2, 0) is 4.79 Å². The highest BCUT2D eigenvalue weighted by Crippen LogP contribution is 2.18. The van der Waals surface area contributed by atoms with Gasteiger partial charge in [0.2, 0.25) is 5.91 Å². The maximum atomic E-state index is 12.6. The first-order chi connectivity index (χ1) is 14.1. The van der Waals surface area contributed by atoms with E-state index in [0.717, 1.165) is 5.56 Å². The number of carbonyl (C=O) groups is 2. The Kier molecular flexibility index (Phi) is 7.17. The minimum atomic E-state index is -0.393. The normalized spacial score (nSPS) is 12.6. The zero-order valence-electron chi connectivity index (χ0n) is 16.5. The van der Waals surface area contributed by atoms with Gasteiger partial charge >= 0.3 is 0 Å². The van der Waals surface area contributed by atoms with Crippen molar-refractivity contribution < 1.29 is 9.59 Å².